The number of ether oxygens (including phenoxy) is 2. The largest absolute Gasteiger partial charge is 0.389 e. The van der Waals surface area contributed by atoms with Gasteiger partial charge in [0.15, 0.2) is 0 Å². The second-order valence-electron chi connectivity index (χ2n) is 5.07. The highest BCUT2D eigenvalue weighted by Crippen LogP contribution is 2.63. The smallest absolute Gasteiger partial charge is 0.148 e. The number of rotatable bonds is 4. The number of hydrogen-bond donors (Lipinski definition) is 3. The van der Waals surface area contributed by atoms with E-state index in [0.29, 0.717) is 6.61 Å². The maximum Gasteiger partial charge on any atom is 0.148 e. The summed E-state index contributed by atoms with van der Waals surface area (Å²) in [5.41, 5.74) is -3.80. The fourth-order valence-electron chi connectivity index (χ4n) is 2.50. The van der Waals surface area contributed by atoms with Crippen molar-refractivity contribution in [2.24, 2.45) is 5.41 Å². The molecular formula is C10H18O5. The average molecular weight is 218 g/mol. The van der Waals surface area contributed by atoms with E-state index in [4.69, 9.17) is 9.47 Å². The molecule has 0 radical (unpaired) electrons. The summed E-state index contributed by atoms with van der Waals surface area (Å²) in [4.78, 5) is 0. The van der Waals surface area contributed by atoms with Gasteiger partial charge in [0, 0.05) is 12.5 Å². The quantitative estimate of drug-likeness (QED) is 0.521. The minimum absolute atomic E-state index is 0.0470. The van der Waals surface area contributed by atoms with Gasteiger partial charge >= 0.3 is 0 Å². The highest BCUT2D eigenvalue weighted by atomic mass is 16.6. The van der Waals surface area contributed by atoms with Crippen LogP contribution in [0.2, 0.25) is 0 Å². The number of aliphatic hydroxyl groups is 3. The summed E-state index contributed by atoms with van der Waals surface area (Å²) in [5.74, 6) is 0. The van der Waals surface area contributed by atoms with E-state index in [-0.39, 0.29) is 6.61 Å². The molecule has 0 aromatic heterocycles. The Balaban J connectivity index is 2.27. The highest BCUT2D eigenvalue weighted by Gasteiger charge is 2.82. The van der Waals surface area contributed by atoms with Crippen LogP contribution in [0.15, 0.2) is 0 Å². The molecular weight excluding hydrogens is 200 g/mol. The van der Waals surface area contributed by atoms with Gasteiger partial charge in [-0.3, -0.25) is 0 Å². The standard InChI is InChI=1S/C10H18O5/c1-8(2)7(11)10(8,13)9(12,5-14-3)6-4-15-6/h6-7,11-13H,4-5H2,1-3H3/t6-,7+,9-,10-/m0/s1. The fraction of sp³-hybridized carbons (Fsp3) is 1.00. The molecule has 1 heterocycles. The zero-order valence-corrected chi connectivity index (χ0v) is 9.23. The molecule has 0 aromatic carbocycles. The van der Waals surface area contributed by atoms with Crippen molar-refractivity contribution in [1.29, 1.82) is 0 Å². The summed E-state index contributed by atoms with van der Waals surface area (Å²) in [6, 6.07) is 0. The zero-order chi connectivity index (χ0) is 11.5. The van der Waals surface area contributed by atoms with Gasteiger partial charge in [-0.05, 0) is 0 Å². The third kappa shape index (κ3) is 1.15. The zero-order valence-electron chi connectivity index (χ0n) is 9.23. The van der Waals surface area contributed by atoms with Crippen LogP contribution in [0.4, 0.5) is 0 Å². The normalized spacial score (nSPS) is 46.0. The van der Waals surface area contributed by atoms with Crippen molar-refractivity contribution in [2.45, 2.75) is 37.3 Å². The summed E-state index contributed by atoms with van der Waals surface area (Å²) >= 11 is 0. The first-order chi connectivity index (χ1) is 6.82. The first-order valence-electron chi connectivity index (χ1n) is 5.05. The molecule has 0 aromatic rings. The topological polar surface area (TPSA) is 82.5 Å². The molecule has 0 bridgehead atoms. The molecule has 2 rings (SSSR count). The summed E-state index contributed by atoms with van der Waals surface area (Å²) in [6.45, 7) is 3.76. The van der Waals surface area contributed by atoms with E-state index < -0.39 is 28.8 Å². The Morgan fingerprint density at radius 2 is 2.00 bits per heavy atom. The van der Waals surface area contributed by atoms with Gasteiger partial charge in [-0.25, -0.2) is 0 Å². The maximum atomic E-state index is 10.4. The second-order valence-corrected chi connectivity index (χ2v) is 5.07. The Morgan fingerprint density at radius 1 is 1.53 bits per heavy atom. The molecule has 0 unspecified atom stereocenters. The van der Waals surface area contributed by atoms with Crippen LogP contribution in [-0.4, -0.2) is 59.1 Å². The molecule has 2 fully saturated rings. The van der Waals surface area contributed by atoms with Crippen LogP contribution < -0.4 is 0 Å². The lowest BCUT2D eigenvalue weighted by molar-refractivity contribution is -0.162. The average Bonchev–Trinajstić information content (AvgIpc) is 3.03. The monoisotopic (exact) mass is 218 g/mol. The Hall–Kier alpha value is -0.200. The summed E-state index contributed by atoms with van der Waals surface area (Å²) in [5, 5.41) is 30.5. The van der Waals surface area contributed by atoms with E-state index in [1.165, 1.54) is 7.11 Å². The third-order valence-corrected chi connectivity index (χ3v) is 3.87. The molecule has 15 heavy (non-hydrogen) atoms. The minimum atomic E-state index is -1.54. The van der Waals surface area contributed by atoms with E-state index >= 15 is 0 Å². The van der Waals surface area contributed by atoms with Crippen LogP contribution in [0, 0.1) is 5.41 Å². The van der Waals surface area contributed by atoms with Crippen molar-refractivity contribution in [3.8, 4) is 0 Å². The molecule has 1 saturated heterocycles. The molecule has 4 atom stereocenters. The van der Waals surface area contributed by atoms with Crippen molar-refractivity contribution in [2.75, 3.05) is 20.3 Å². The van der Waals surface area contributed by atoms with Crippen molar-refractivity contribution in [3.63, 3.8) is 0 Å². The van der Waals surface area contributed by atoms with Crippen molar-refractivity contribution < 1.29 is 24.8 Å². The Bertz CT molecular complexity index is 275. The van der Waals surface area contributed by atoms with Crippen molar-refractivity contribution >= 4 is 0 Å². The van der Waals surface area contributed by atoms with Crippen LogP contribution in [-0.2, 0) is 9.47 Å². The molecule has 0 spiro atoms. The molecule has 5 heteroatoms. The number of aliphatic hydroxyl groups excluding tert-OH is 1. The predicted molar refractivity (Wildman–Crippen MR) is 51.3 cm³/mol. The van der Waals surface area contributed by atoms with Crippen LogP contribution >= 0.6 is 0 Å². The number of hydrogen-bond acceptors (Lipinski definition) is 5. The lowest BCUT2D eigenvalue weighted by Crippen LogP contribution is -2.56. The highest BCUT2D eigenvalue weighted by molar-refractivity contribution is 5.31. The van der Waals surface area contributed by atoms with Crippen molar-refractivity contribution in [1.82, 2.24) is 0 Å². The van der Waals surface area contributed by atoms with Gasteiger partial charge in [-0.15, -0.1) is 0 Å². The first-order valence-corrected chi connectivity index (χ1v) is 5.05. The Kier molecular flexibility index (Phi) is 2.20. The second kappa shape index (κ2) is 2.93. The van der Waals surface area contributed by atoms with E-state index in [1.54, 1.807) is 13.8 Å². The van der Waals surface area contributed by atoms with E-state index in [9.17, 15) is 15.3 Å². The molecule has 1 aliphatic heterocycles. The van der Waals surface area contributed by atoms with E-state index in [2.05, 4.69) is 0 Å². The Labute approximate surface area is 88.6 Å². The van der Waals surface area contributed by atoms with Gasteiger partial charge in [-0.1, -0.05) is 13.8 Å². The maximum absolute atomic E-state index is 10.4. The van der Waals surface area contributed by atoms with Crippen LogP contribution in [0.3, 0.4) is 0 Å². The van der Waals surface area contributed by atoms with Crippen molar-refractivity contribution in [3.05, 3.63) is 0 Å². The third-order valence-electron chi connectivity index (χ3n) is 3.87. The predicted octanol–water partition coefficient (Wildman–Crippen LogP) is -1.11. The van der Waals surface area contributed by atoms with E-state index in [1.807, 2.05) is 0 Å². The van der Waals surface area contributed by atoms with Gasteiger partial charge in [0.2, 0.25) is 0 Å². The molecule has 88 valence electrons. The van der Waals surface area contributed by atoms with Crippen LogP contribution in [0.5, 0.6) is 0 Å². The van der Waals surface area contributed by atoms with Gasteiger partial charge in [-0.2, -0.15) is 0 Å². The van der Waals surface area contributed by atoms with Gasteiger partial charge < -0.3 is 24.8 Å². The van der Waals surface area contributed by atoms with Gasteiger partial charge in [0.1, 0.15) is 17.3 Å². The molecule has 5 nitrogen and oxygen atoms in total. The molecule has 0 amide bonds. The van der Waals surface area contributed by atoms with Crippen LogP contribution in [0.25, 0.3) is 0 Å². The summed E-state index contributed by atoms with van der Waals surface area (Å²) < 4.78 is 9.95. The van der Waals surface area contributed by atoms with Gasteiger partial charge in [0.25, 0.3) is 0 Å². The summed E-state index contributed by atoms with van der Waals surface area (Å²) in [7, 11) is 1.44. The Morgan fingerprint density at radius 3 is 2.27 bits per heavy atom. The lowest BCUT2D eigenvalue weighted by Gasteiger charge is -2.33. The number of methoxy groups -OCH3 is 1. The molecule has 1 aliphatic carbocycles. The first kappa shape index (κ1) is 11.3. The summed E-state index contributed by atoms with van der Waals surface area (Å²) in [6.07, 6.45) is -1.40. The van der Waals surface area contributed by atoms with Gasteiger partial charge in [0.05, 0.1) is 19.3 Å². The fourth-order valence-corrected chi connectivity index (χ4v) is 2.50. The minimum Gasteiger partial charge on any atom is -0.389 e. The molecule has 3 N–H and O–H groups in total. The lowest BCUT2D eigenvalue weighted by atomic mass is 9.86. The number of epoxide rings is 1. The molecule has 2 aliphatic rings. The molecule has 1 saturated carbocycles. The van der Waals surface area contributed by atoms with Crippen LogP contribution in [0.1, 0.15) is 13.8 Å². The van der Waals surface area contributed by atoms with E-state index in [0.717, 1.165) is 0 Å². The SMILES string of the molecule is COC[C@](O)([C@@H]1CO1)[C@]1(O)[C@H](O)C1(C)C.